The first kappa shape index (κ1) is 11.5. The Hall–Kier alpha value is -1.56. The van der Waals surface area contributed by atoms with Crippen molar-refractivity contribution in [2.24, 2.45) is 5.16 Å². The lowest BCUT2D eigenvalue weighted by molar-refractivity contribution is 0.319. The van der Waals surface area contributed by atoms with Gasteiger partial charge in [0.25, 0.3) is 0 Å². The van der Waals surface area contributed by atoms with Crippen molar-refractivity contribution >= 4 is 21.4 Å². The molecule has 0 atom stereocenters. The molecule has 82 valence electrons. The molecule has 0 aliphatic heterocycles. The van der Waals surface area contributed by atoms with Crippen molar-refractivity contribution in [3.63, 3.8) is 0 Å². The van der Waals surface area contributed by atoms with Gasteiger partial charge in [0.15, 0.2) is 0 Å². The summed E-state index contributed by atoms with van der Waals surface area (Å²) < 4.78 is 24.1. The molecule has 0 amide bonds. The molecule has 6 heteroatoms. The van der Waals surface area contributed by atoms with Crippen molar-refractivity contribution in [2.45, 2.75) is 6.92 Å². The maximum Gasteiger partial charge on any atom is 0.229 e. The highest BCUT2D eigenvalue weighted by molar-refractivity contribution is 7.92. The Kier molecular flexibility index (Phi) is 3.31. The minimum atomic E-state index is -3.25. The lowest BCUT2D eigenvalue weighted by Gasteiger charge is -2.04. The Bertz CT molecular complexity index is 463. The zero-order valence-electron chi connectivity index (χ0n) is 8.43. The largest absolute Gasteiger partial charge is 0.411 e. The molecule has 0 saturated heterocycles. The van der Waals surface area contributed by atoms with Crippen molar-refractivity contribution in [3.05, 3.63) is 29.8 Å². The second-order valence-corrected chi connectivity index (χ2v) is 4.89. The molecule has 0 fully saturated rings. The van der Waals surface area contributed by atoms with E-state index in [0.29, 0.717) is 11.4 Å². The summed E-state index contributed by atoms with van der Waals surface area (Å²) >= 11 is 0. The summed E-state index contributed by atoms with van der Waals surface area (Å²) in [6.45, 7) is 1.65. The summed E-state index contributed by atoms with van der Waals surface area (Å²) in [7, 11) is -3.25. The summed E-state index contributed by atoms with van der Waals surface area (Å²) in [5.74, 6) is 0. The van der Waals surface area contributed by atoms with Gasteiger partial charge >= 0.3 is 0 Å². The highest BCUT2D eigenvalue weighted by Gasteiger charge is 2.02. The molecule has 0 spiro atoms. The van der Waals surface area contributed by atoms with E-state index in [1.165, 1.54) is 0 Å². The Morgan fingerprint density at radius 1 is 1.33 bits per heavy atom. The molecular weight excluding hydrogens is 216 g/mol. The third kappa shape index (κ3) is 3.59. The average Bonchev–Trinajstić information content (AvgIpc) is 2.15. The number of rotatable bonds is 3. The molecule has 0 aromatic heterocycles. The predicted octanol–water partition coefficient (Wildman–Crippen LogP) is 1.26. The SMILES string of the molecule is C/C(=N/O)c1ccc(NS(C)(=O)=O)cc1. The van der Waals surface area contributed by atoms with Gasteiger partial charge in [-0.15, -0.1) is 0 Å². The molecule has 1 aromatic carbocycles. The van der Waals surface area contributed by atoms with Crippen LogP contribution in [0, 0.1) is 0 Å². The average molecular weight is 228 g/mol. The first-order valence-corrected chi connectivity index (χ1v) is 6.08. The molecule has 5 nitrogen and oxygen atoms in total. The molecule has 0 saturated carbocycles. The van der Waals surface area contributed by atoms with Crippen LogP contribution in [0.2, 0.25) is 0 Å². The number of nitrogens with zero attached hydrogens (tertiary/aromatic N) is 1. The Morgan fingerprint density at radius 3 is 2.27 bits per heavy atom. The Morgan fingerprint density at radius 2 is 1.87 bits per heavy atom. The van der Waals surface area contributed by atoms with Crippen LogP contribution in [0.3, 0.4) is 0 Å². The van der Waals surface area contributed by atoms with Crippen LogP contribution in [0.5, 0.6) is 0 Å². The van der Waals surface area contributed by atoms with Crippen LogP contribution >= 0.6 is 0 Å². The zero-order chi connectivity index (χ0) is 11.5. The fourth-order valence-corrected chi connectivity index (χ4v) is 1.62. The van der Waals surface area contributed by atoms with Crippen molar-refractivity contribution in [1.82, 2.24) is 0 Å². The second kappa shape index (κ2) is 4.31. The van der Waals surface area contributed by atoms with E-state index in [0.717, 1.165) is 11.8 Å². The summed E-state index contributed by atoms with van der Waals surface area (Å²) in [4.78, 5) is 0. The number of anilines is 1. The van der Waals surface area contributed by atoms with Gasteiger partial charge < -0.3 is 5.21 Å². The number of benzene rings is 1. The van der Waals surface area contributed by atoms with E-state index in [-0.39, 0.29) is 0 Å². The highest BCUT2D eigenvalue weighted by Crippen LogP contribution is 2.11. The second-order valence-electron chi connectivity index (χ2n) is 3.14. The fourth-order valence-electron chi connectivity index (χ4n) is 1.05. The van der Waals surface area contributed by atoms with Crippen LogP contribution < -0.4 is 4.72 Å². The minimum absolute atomic E-state index is 0.473. The molecule has 1 aromatic rings. The van der Waals surface area contributed by atoms with Gasteiger partial charge in [-0.25, -0.2) is 8.42 Å². The summed E-state index contributed by atoms with van der Waals surface area (Å²) in [5.41, 5.74) is 1.68. The Balaban J connectivity index is 2.91. The first-order chi connectivity index (χ1) is 6.92. The molecule has 0 unspecified atom stereocenters. The third-order valence-corrected chi connectivity index (χ3v) is 2.36. The quantitative estimate of drug-likeness (QED) is 0.464. The van der Waals surface area contributed by atoms with Gasteiger partial charge in [0.05, 0.1) is 12.0 Å². The maximum absolute atomic E-state index is 10.9. The molecule has 0 radical (unpaired) electrons. The van der Waals surface area contributed by atoms with E-state index >= 15 is 0 Å². The number of oxime groups is 1. The number of hydrogen-bond donors (Lipinski definition) is 2. The number of hydrogen-bond acceptors (Lipinski definition) is 4. The lowest BCUT2D eigenvalue weighted by Crippen LogP contribution is -2.09. The molecular formula is C9H12N2O3S. The normalized spacial score (nSPS) is 12.5. The van der Waals surface area contributed by atoms with E-state index in [2.05, 4.69) is 9.88 Å². The van der Waals surface area contributed by atoms with E-state index in [1.807, 2.05) is 0 Å². The molecule has 0 bridgehead atoms. The van der Waals surface area contributed by atoms with Crippen LogP contribution in [0.25, 0.3) is 0 Å². The molecule has 0 heterocycles. The van der Waals surface area contributed by atoms with Crippen LogP contribution in [0.15, 0.2) is 29.4 Å². The smallest absolute Gasteiger partial charge is 0.229 e. The van der Waals surface area contributed by atoms with Gasteiger partial charge in [-0.1, -0.05) is 17.3 Å². The first-order valence-electron chi connectivity index (χ1n) is 4.19. The van der Waals surface area contributed by atoms with Crippen molar-refractivity contribution in [3.8, 4) is 0 Å². The summed E-state index contributed by atoms with van der Waals surface area (Å²) in [6.07, 6.45) is 1.08. The van der Waals surface area contributed by atoms with Gasteiger partial charge in [-0.2, -0.15) is 0 Å². The van der Waals surface area contributed by atoms with Crippen LogP contribution in [0.4, 0.5) is 5.69 Å². The number of sulfonamides is 1. The van der Waals surface area contributed by atoms with E-state index in [4.69, 9.17) is 5.21 Å². The predicted molar refractivity (Wildman–Crippen MR) is 58.9 cm³/mol. The van der Waals surface area contributed by atoms with Gasteiger partial charge in [-0.05, 0) is 24.6 Å². The Labute approximate surface area is 88.5 Å². The van der Waals surface area contributed by atoms with Crippen molar-refractivity contribution in [1.29, 1.82) is 0 Å². The molecule has 1 rings (SSSR count). The van der Waals surface area contributed by atoms with Crippen LogP contribution in [-0.4, -0.2) is 25.6 Å². The van der Waals surface area contributed by atoms with Crippen molar-refractivity contribution < 1.29 is 13.6 Å². The number of nitrogens with one attached hydrogen (secondary N) is 1. The highest BCUT2D eigenvalue weighted by atomic mass is 32.2. The lowest BCUT2D eigenvalue weighted by atomic mass is 10.1. The standard InChI is InChI=1S/C9H12N2O3S/c1-7(10-12)8-3-5-9(6-4-8)11-15(2,13)14/h3-6,11-12H,1-2H3/b10-7-. The molecule has 0 aliphatic carbocycles. The minimum Gasteiger partial charge on any atom is -0.411 e. The van der Waals surface area contributed by atoms with Gasteiger partial charge in [0.1, 0.15) is 0 Å². The van der Waals surface area contributed by atoms with Crippen molar-refractivity contribution in [2.75, 3.05) is 11.0 Å². The maximum atomic E-state index is 10.9. The van der Waals surface area contributed by atoms with E-state index in [1.54, 1.807) is 31.2 Å². The molecule has 0 aliphatic rings. The van der Waals surface area contributed by atoms with Crippen LogP contribution in [0.1, 0.15) is 12.5 Å². The summed E-state index contributed by atoms with van der Waals surface area (Å²) in [5, 5.41) is 11.6. The monoisotopic (exact) mass is 228 g/mol. The van der Waals surface area contributed by atoms with E-state index in [9.17, 15) is 8.42 Å². The molecule has 15 heavy (non-hydrogen) atoms. The molecule has 2 N–H and O–H groups in total. The topological polar surface area (TPSA) is 78.8 Å². The van der Waals surface area contributed by atoms with Gasteiger partial charge in [0, 0.05) is 5.69 Å². The van der Waals surface area contributed by atoms with E-state index < -0.39 is 10.0 Å². The third-order valence-electron chi connectivity index (χ3n) is 1.76. The zero-order valence-corrected chi connectivity index (χ0v) is 9.25. The van der Waals surface area contributed by atoms with Gasteiger partial charge in [-0.3, -0.25) is 4.72 Å². The summed E-state index contributed by atoms with van der Waals surface area (Å²) in [6, 6.07) is 6.54. The fraction of sp³-hybridized carbons (Fsp3) is 0.222. The van der Waals surface area contributed by atoms with Crippen LogP contribution in [-0.2, 0) is 10.0 Å². The van der Waals surface area contributed by atoms with Gasteiger partial charge in [0.2, 0.25) is 10.0 Å².